The van der Waals surface area contributed by atoms with E-state index in [1.807, 2.05) is 17.8 Å². The maximum Gasteiger partial charge on any atom is 0.0866 e. The van der Waals surface area contributed by atoms with E-state index in [1.165, 1.54) is 4.88 Å². The first-order chi connectivity index (χ1) is 8.19. The molecule has 0 aliphatic carbocycles. The molecule has 1 unspecified atom stereocenters. The quantitative estimate of drug-likeness (QED) is 0.924. The van der Waals surface area contributed by atoms with Gasteiger partial charge in [0.1, 0.15) is 0 Å². The third kappa shape index (κ3) is 2.42. The first-order valence-electron chi connectivity index (χ1n) is 5.30. The Morgan fingerprint density at radius 2 is 2.41 bits per heavy atom. The van der Waals surface area contributed by atoms with Gasteiger partial charge in [0, 0.05) is 15.9 Å². The van der Waals surface area contributed by atoms with Crippen molar-refractivity contribution in [1.29, 1.82) is 0 Å². The van der Waals surface area contributed by atoms with Gasteiger partial charge in [-0.3, -0.25) is 4.68 Å². The lowest BCUT2D eigenvalue weighted by Gasteiger charge is -2.17. The monoisotopic (exact) mass is 333 g/mol. The number of hydrogen-bond acceptors (Lipinski definition) is 3. The van der Waals surface area contributed by atoms with Crippen molar-refractivity contribution in [2.45, 2.75) is 19.5 Å². The van der Waals surface area contributed by atoms with Gasteiger partial charge in [0.2, 0.25) is 0 Å². The minimum absolute atomic E-state index is 0.0688. The third-order valence-corrected chi connectivity index (χ3v) is 4.83. The summed E-state index contributed by atoms with van der Waals surface area (Å²) in [6, 6.07) is 2.12. The van der Waals surface area contributed by atoms with Crippen LogP contribution in [0.15, 0.2) is 22.1 Å². The highest BCUT2D eigenvalue weighted by molar-refractivity contribution is 9.10. The van der Waals surface area contributed by atoms with Crippen LogP contribution >= 0.6 is 38.9 Å². The van der Waals surface area contributed by atoms with Crippen LogP contribution < -0.4 is 5.32 Å². The third-order valence-electron chi connectivity index (χ3n) is 2.60. The van der Waals surface area contributed by atoms with Gasteiger partial charge in [-0.05, 0) is 41.3 Å². The summed E-state index contributed by atoms with van der Waals surface area (Å²) in [7, 11) is 1.93. The summed E-state index contributed by atoms with van der Waals surface area (Å²) in [5.41, 5.74) is 1.01. The number of halogens is 2. The molecule has 1 N–H and O–H groups in total. The van der Waals surface area contributed by atoms with Crippen molar-refractivity contribution in [2.24, 2.45) is 0 Å². The van der Waals surface area contributed by atoms with Crippen LogP contribution in [0.3, 0.4) is 0 Å². The van der Waals surface area contributed by atoms with Crippen molar-refractivity contribution in [2.75, 3.05) is 7.05 Å². The Labute approximate surface area is 118 Å². The fourth-order valence-electron chi connectivity index (χ4n) is 1.81. The largest absolute Gasteiger partial charge is 0.307 e. The van der Waals surface area contributed by atoms with Crippen LogP contribution in [0, 0.1) is 0 Å². The van der Waals surface area contributed by atoms with Gasteiger partial charge in [-0.1, -0.05) is 11.6 Å². The Balaban J connectivity index is 2.49. The number of nitrogens with zero attached hydrogens (tertiary/aromatic N) is 2. The summed E-state index contributed by atoms with van der Waals surface area (Å²) < 4.78 is 3.03. The molecule has 0 saturated carbocycles. The Morgan fingerprint density at radius 3 is 2.94 bits per heavy atom. The Bertz CT molecular complexity index is 509. The van der Waals surface area contributed by atoms with E-state index in [0.717, 1.165) is 16.7 Å². The van der Waals surface area contributed by atoms with Crippen molar-refractivity contribution < 1.29 is 0 Å². The molecule has 0 saturated heterocycles. The lowest BCUT2D eigenvalue weighted by molar-refractivity contribution is 0.567. The molecule has 2 rings (SSSR count). The highest BCUT2D eigenvalue weighted by Crippen LogP contribution is 2.35. The molecule has 6 heteroatoms. The number of thiophene rings is 1. The molecule has 0 aliphatic heterocycles. The van der Waals surface area contributed by atoms with Crippen LogP contribution in [0.1, 0.15) is 23.5 Å². The zero-order chi connectivity index (χ0) is 12.4. The van der Waals surface area contributed by atoms with Crippen LogP contribution in [0.4, 0.5) is 0 Å². The molecule has 0 bridgehead atoms. The number of nitrogens with one attached hydrogen (secondary N) is 1. The second-order valence-electron chi connectivity index (χ2n) is 3.55. The Morgan fingerprint density at radius 1 is 1.65 bits per heavy atom. The molecular weight excluding hydrogens is 322 g/mol. The molecule has 3 nitrogen and oxygen atoms in total. The fraction of sp³-hybridized carbons (Fsp3) is 0.364. The van der Waals surface area contributed by atoms with E-state index in [4.69, 9.17) is 11.6 Å². The topological polar surface area (TPSA) is 29.9 Å². The van der Waals surface area contributed by atoms with Crippen LogP contribution in [-0.2, 0) is 6.54 Å². The minimum Gasteiger partial charge on any atom is -0.307 e. The van der Waals surface area contributed by atoms with Gasteiger partial charge in [0.15, 0.2) is 0 Å². The summed E-state index contributed by atoms with van der Waals surface area (Å²) in [6.45, 7) is 2.87. The minimum atomic E-state index is 0.0688. The summed E-state index contributed by atoms with van der Waals surface area (Å²) in [5, 5.41) is 10.3. The van der Waals surface area contributed by atoms with E-state index in [9.17, 15) is 0 Å². The molecular formula is C11H13BrClN3S. The van der Waals surface area contributed by atoms with Gasteiger partial charge in [-0.25, -0.2) is 0 Å². The number of aryl methyl sites for hydroxylation is 1. The second kappa shape index (κ2) is 5.52. The second-order valence-corrected chi connectivity index (χ2v) is 5.76. The molecule has 0 aromatic carbocycles. The highest BCUT2D eigenvalue weighted by Gasteiger charge is 2.23. The van der Waals surface area contributed by atoms with Gasteiger partial charge >= 0.3 is 0 Å². The van der Waals surface area contributed by atoms with Crippen LogP contribution in [-0.4, -0.2) is 16.8 Å². The van der Waals surface area contributed by atoms with Crippen molar-refractivity contribution in [3.05, 3.63) is 37.7 Å². The fourth-order valence-corrected chi connectivity index (χ4v) is 3.78. The van der Waals surface area contributed by atoms with Gasteiger partial charge in [-0.2, -0.15) is 5.10 Å². The lowest BCUT2D eigenvalue weighted by Crippen LogP contribution is -2.21. The van der Waals surface area contributed by atoms with Crippen molar-refractivity contribution in [3.63, 3.8) is 0 Å². The van der Waals surface area contributed by atoms with Crippen molar-refractivity contribution >= 4 is 38.9 Å². The predicted molar refractivity (Wildman–Crippen MR) is 75.8 cm³/mol. The molecule has 0 fully saturated rings. The Kier molecular flexibility index (Phi) is 4.25. The van der Waals surface area contributed by atoms with Gasteiger partial charge in [-0.15, -0.1) is 11.3 Å². The molecule has 0 aliphatic rings. The molecule has 2 aromatic heterocycles. The first kappa shape index (κ1) is 13.1. The number of hydrogen-bond donors (Lipinski definition) is 1. The molecule has 2 heterocycles. The molecule has 2 aromatic rings. The molecule has 0 amide bonds. The lowest BCUT2D eigenvalue weighted by atomic mass is 10.1. The van der Waals surface area contributed by atoms with Gasteiger partial charge in [0.05, 0.1) is 23.0 Å². The molecule has 92 valence electrons. The molecule has 0 radical (unpaired) electrons. The maximum absolute atomic E-state index is 6.23. The number of aromatic nitrogens is 2. The SMILES string of the molecule is CCn1ncc(Cl)c1C(NC)c1sccc1Br. The highest BCUT2D eigenvalue weighted by atomic mass is 79.9. The summed E-state index contributed by atoms with van der Waals surface area (Å²) in [5.74, 6) is 0. The zero-order valence-corrected chi connectivity index (χ0v) is 12.7. The summed E-state index contributed by atoms with van der Waals surface area (Å²) >= 11 is 11.5. The van der Waals surface area contributed by atoms with Crippen LogP contribution in [0.5, 0.6) is 0 Å². The standard InChI is InChI=1S/C11H13BrClN3S/c1-3-16-10(8(13)6-15-16)9(14-2)11-7(12)4-5-17-11/h4-6,9,14H,3H2,1-2H3. The van der Waals surface area contributed by atoms with Crippen LogP contribution in [0.25, 0.3) is 0 Å². The van der Waals surface area contributed by atoms with Gasteiger partial charge in [0.25, 0.3) is 0 Å². The molecule has 17 heavy (non-hydrogen) atoms. The summed E-state index contributed by atoms with van der Waals surface area (Å²) in [6.07, 6.45) is 1.70. The Hall–Kier alpha value is -0.360. The van der Waals surface area contributed by atoms with E-state index < -0.39 is 0 Å². The van der Waals surface area contributed by atoms with E-state index in [2.05, 4.69) is 38.6 Å². The number of rotatable bonds is 4. The first-order valence-corrected chi connectivity index (χ1v) is 7.35. The van der Waals surface area contributed by atoms with Gasteiger partial charge < -0.3 is 5.32 Å². The summed E-state index contributed by atoms with van der Waals surface area (Å²) in [4.78, 5) is 1.21. The predicted octanol–water partition coefficient (Wildman–Crippen LogP) is 3.69. The smallest absolute Gasteiger partial charge is 0.0866 e. The van der Waals surface area contributed by atoms with Crippen molar-refractivity contribution in [3.8, 4) is 0 Å². The van der Waals surface area contributed by atoms with E-state index in [-0.39, 0.29) is 6.04 Å². The molecule has 0 spiro atoms. The maximum atomic E-state index is 6.23. The van der Waals surface area contributed by atoms with E-state index >= 15 is 0 Å². The van der Waals surface area contributed by atoms with E-state index in [1.54, 1.807) is 17.5 Å². The van der Waals surface area contributed by atoms with Crippen LogP contribution in [0.2, 0.25) is 5.02 Å². The normalized spacial score (nSPS) is 12.9. The van der Waals surface area contributed by atoms with E-state index in [0.29, 0.717) is 5.02 Å². The average Bonchev–Trinajstić information content (AvgIpc) is 2.89. The van der Waals surface area contributed by atoms with Crippen molar-refractivity contribution in [1.82, 2.24) is 15.1 Å². The average molecular weight is 335 g/mol. The molecule has 1 atom stereocenters. The zero-order valence-electron chi connectivity index (χ0n) is 9.58.